The lowest BCUT2D eigenvalue weighted by molar-refractivity contribution is 0.106. The summed E-state index contributed by atoms with van der Waals surface area (Å²) in [6.07, 6.45) is 0. The van der Waals surface area contributed by atoms with E-state index in [9.17, 15) is 4.39 Å². The number of halogens is 2. The Bertz CT molecular complexity index is 791. The molecule has 0 saturated carbocycles. The maximum Gasteiger partial charge on any atom is 0.134 e. The molecule has 0 aliphatic carbocycles. The van der Waals surface area contributed by atoms with Gasteiger partial charge in [0.1, 0.15) is 23.8 Å². The Balaban J connectivity index is 2.10. The fourth-order valence-corrected chi connectivity index (χ4v) is 3.11. The molecular formula is C18H18ClFN2O. The number of aliphatic imine (C=N–C) groups is 1. The van der Waals surface area contributed by atoms with Gasteiger partial charge in [-0.15, -0.1) is 0 Å². The molecule has 120 valence electrons. The lowest BCUT2D eigenvalue weighted by Gasteiger charge is -2.30. The zero-order valence-corrected chi connectivity index (χ0v) is 13.8. The monoisotopic (exact) mass is 332 g/mol. The SMILES string of the molecule is Cc1cc(Cl)cc(-c2cccc(C3(C)COCC(N)=N3)c2)c1F. The average molecular weight is 333 g/mol. The van der Waals surface area contributed by atoms with Crippen molar-refractivity contribution in [1.29, 1.82) is 0 Å². The summed E-state index contributed by atoms with van der Waals surface area (Å²) in [5, 5.41) is 0.513. The van der Waals surface area contributed by atoms with E-state index < -0.39 is 5.54 Å². The summed E-state index contributed by atoms with van der Waals surface area (Å²) in [7, 11) is 0. The number of nitrogens with zero attached hydrogens (tertiary/aromatic N) is 1. The number of aryl methyl sites for hydroxylation is 1. The molecule has 2 N–H and O–H groups in total. The molecule has 0 saturated heterocycles. The van der Waals surface area contributed by atoms with Crippen LogP contribution >= 0.6 is 11.6 Å². The fraction of sp³-hybridized carbons (Fsp3) is 0.278. The third-order valence-corrected chi connectivity index (χ3v) is 4.26. The van der Waals surface area contributed by atoms with E-state index in [1.807, 2.05) is 31.2 Å². The van der Waals surface area contributed by atoms with Crippen molar-refractivity contribution in [2.75, 3.05) is 13.2 Å². The summed E-state index contributed by atoms with van der Waals surface area (Å²) in [6.45, 7) is 4.44. The van der Waals surface area contributed by atoms with Crippen LogP contribution in [0.5, 0.6) is 0 Å². The second-order valence-electron chi connectivity index (χ2n) is 6.03. The van der Waals surface area contributed by atoms with Crippen LogP contribution in [-0.2, 0) is 10.3 Å². The maximum absolute atomic E-state index is 14.5. The Kier molecular flexibility index (Phi) is 4.13. The first kappa shape index (κ1) is 16.0. The standard InChI is InChI=1S/C18H18ClFN2O/c1-11-6-14(19)8-15(17(11)20)12-4-3-5-13(7-12)18(2)10-23-9-16(21)22-18/h3-8H,9-10H2,1-2H3,(H2,21,22). The number of benzene rings is 2. The van der Waals surface area contributed by atoms with Crippen LogP contribution in [0.15, 0.2) is 41.4 Å². The third kappa shape index (κ3) is 3.09. The lowest BCUT2D eigenvalue weighted by Crippen LogP contribution is -2.37. The summed E-state index contributed by atoms with van der Waals surface area (Å²) in [6, 6.07) is 10.9. The molecule has 5 heteroatoms. The van der Waals surface area contributed by atoms with Gasteiger partial charge in [-0.25, -0.2) is 4.39 Å². The minimum absolute atomic E-state index is 0.264. The summed E-state index contributed by atoms with van der Waals surface area (Å²) in [5.41, 5.74) is 7.92. The van der Waals surface area contributed by atoms with E-state index in [1.165, 1.54) is 0 Å². The molecule has 2 aromatic rings. The van der Waals surface area contributed by atoms with Crippen LogP contribution in [0.25, 0.3) is 11.1 Å². The number of ether oxygens (including phenoxy) is 1. The molecule has 0 bridgehead atoms. The van der Waals surface area contributed by atoms with Crippen molar-refractivity contribution >= 4 is 17.4 Å². The van der Waals surface area contributed by atoms with E-state index >= 15 is 0 Å². The highest BCUT2D eigenvalue weighted by Crippen LogP contribution is 2.33. The molecule has 0 spiro atoms. The molecule has 0 aromatic heterocycles. The second-order valence-corrected chi connectivity index (χ2v) is 6.47. The fourth-order valence-electron chi connectivity index (χ4n) is 2.84. The van der Waals surface area contributed by atoms with Crippen molar-refractivity contribution < 1.29 is 9.13 Å². The zero-order chi connectivity index (χ0) is 16.6. The molecule has 23 heavy (non-hydrogen) atoms. The van der Waals surface area contributed by atoms with Crippen molar-refractivity contribution in [2.45, 2.75) is 19.4 Å². The number of amidine groups is 1. The largest absolute Gasteiger partial charge is 0.386 e. The van der Waals surface area contributed by atoms with E-state index in [1.54, 1.807) is 19.1 Å². The summed E-state index contributed by atoms with van der Waals surface area (Å²) >= 11 is 6.08. The third-order valence-electron chi connectivity index (χ3n) is 4.04. The van der Waals surface area contributed by atoms with Crippen molar-refractivity contribution in [2.24, 2.45) is 10.7 Å². The molecule has 0 fully saturated rings. The van der Waals surface area contributed by atoms with Gasteiger partial charge < -0.3 is 10.5 Å². The Morgan fingerprint density at radius 1 is 1.30 bits per heavy atom. The van der Waals surface area contributed by atoms with Gasteiger partial charge in [-0.2, -0.15) is 0 Å². The molecule has 3 rings (SSSR count). The van der Waals surface area contributed by atoms with Crippen LogP contribution in [0.4, 0.5) is 4.39 Å². The van der Waals surface area contributed by atoms with Crippen molar-refractivity contribution in [3.05, 3.63) is 58.4 Å². The topological polar surface area (TPSA) is 47.6 Å². The minimum atomic E-state index is -0.567. The van der Waals surface area contributed by atoms with E-state index in [2.05, 4.69) is 4.99 Å². The second kappa shape index (κ2) is 5.95. The quantitative estimate of drug-likeness (QED) is 0.901. The first-order chi connectivity index (χ1) is 10.9. The lowest BCUT2D eigenvalue weighted by atomic mass is 9.90. The Morgan fingerprint density at radius 2 is 2.09 bits per heavy atom. The van der Waals surface area contributed by atoms with Gasteiger partial charge in [-0.05, 0) is 48.7 Å². The molecule has 1 aliphatic rings. The minimum Gasteiger partial charge on any atom is -0.386 e. The number of nitrogens with two attached hydrogens (primary N) is 1. The zero-order valence-electron chi connectivity index (χ0n) is 13.1. The van der Waals surface area contributed by atoms with Crippen LogP contribution in [-0.4, -0.2) is 19.0 Å². The molecule has 0 amide bonds. The van der Waals surface area contributed by atoms with E-state index in [0.29, 0.717) is 35.2 Å². The van der Waals surface area contributed by atoms with Crippen LogP contribution in [0, 0.1) is 12.7 Å². The molecular weight excluding hydrogens is 315 g/mol. The van der Waals surface area contributed by atoms with Crippen LogP contribution < -0.4 is 5.73 Å². The van der Waals surface area contributed by atoms with E-state index in [4.69, 9.17) is 22.1 Å². The highest BCUT2D eigenvalue weighted by Gasteiger charge is 2.30. The molecule has 1 atom stereocenters. The highest BCUT2D eigenvalue weighted by molar-refractivity contribution is 6.31. The van der Waals surface area contributed by atoms with Crippen molar-refractivity contribution in [3.8, 4) is 11.1 Å². The van der Waals surface area contributed by atoms with Crippen molar-refractivity contribution in [1.82, 2.24) is 0 Å². The van der Waals surface area contributed by atoms with E-state index in [0.717, 1.165) is 11.1 Å². The average Bonchev–Trinajstić information content (AvgIpc) is 2.51. The smallest absolute Gasteiger partial charge is 0.134 e. The first-order valence-corrected chi connectivity index (χ1v) is 7.75. The Morgan fingerprint density at radius 3 is 2.83 bits per heavy atom. The highest BCUT2D eigenvalue weighted by atomic mass is 35.5. The summed E-state index contributed by atoms with van der Waals surface area (Å²) in [4.78, 5) is 4.53. The normalized spacial score (nSPS) is 21.1. The van der Waals surface area contributed by atoms with Crippen LogP contribution in [0.2, 0.25) is 5.02 Å². The number of hydrogen-bond acceptors (Lipinski definition) is 3. The molecule has 0 radical (unpaired) electrons. The van der Waals surface area contributed by atoms with Gasteiger partial charge in [-0.1, -0.05) is 29.8 Å². The summed E-state index contributed by atoms with van der Waals surface area (Å²) < 4.78 is 20.0. The number of rotatable bonds is 2. The van der Waals surface area contributed by atoms with Gasteiger partial charge in [0.2, 0.25) is 0 Å². The number of hydrogen-bond donors (Lipinski definition) is 1. The molecule has 1 heterocycles. The van der Waals surface area contributed by atoms with Crippen LogP contribution in [0.3, 0.4) is 0 Å². The maximum atomic E-state index is 14.5. The predicted octanol–water partition coefficient (Wildman–Crippen LogP) is 4.06. The molecule has 2 aromatic carbocycles. The molecule has 3 nitrogen and oxygen atoms in total. The van der Waals surface area contributed by atoms with Gasteiger partial charge in [0.25, 0.3) is 0 Å². The predicted molar refractivity (Wildman–Crippen MR) is 91.4 cm³/mol. The van der Waals surface area contributed by atoms with Gasteiger partial charge in [0.15, 0.2) is 0 Å². The van der Waals surface area contributed by atoms with Gasteiger partial charge in [0, 0.05) is 10.6 Å². The van der Waals surface area contributed by atoms with Gasteiger partial charge >= 0.3 is 0 Å². The van der Waals surface area contributed by atoms with Gasteiger partial charge in [-0.3, -0.25) is 4.99 Å². The Hall–Kier alpha value is -1.91. The van der Waals surface area contributed by atoms with Crippen LogP contribution in [0.1, 0.15) is 18.1 Å². The molecule has 1 aliphatic heterocycles. The summed E-state index contributed by atoms with van der Waals surface area (Å²) in [5.74, 6) is 0.202. The van der Waals surface area contributed by atoms with E-state index in [-0.39, 0.29) is 5.82 Å². The Labute approximate surface area is 139 Å². The van der Waals surface area contributed by atoms with Crippen molar-refractivity contribution in [3.63, 3.8) is 0 Å². The van der Waals surface area contributed by atoms with Gasteiger partial charge in [0.05, 0.1) is 6.61 Å². The first-order valence-electron chi connectivity index (χ1n) is 7.37. The molecule has 1 unspecified atom stereocenters.